The van der Waals surface area contributed by atoms with E-state index in [0.717, 1.165) is 33.4 Å². The molecule has 0 heterocycles. The molecule has 1 atom stereocenters. The van der Waals surface area contributed by atoms with Crippen molar-refractivity contribution in [1.29, 1.82) is 5.41 Å². The Bertz CT molecular complexity index is 1290. The molecule has 1 aliphatic carbocycles. The average molecular weight is 484 g/mol. The second-order valence-corrected chi connectivity index (χ2v) is 8.97. The van der Waals surface area contributed by atoms with Crippen molar-refractivity contribution in [3.8, 4) is 11.1 Å². The van der Waals surface area contributed by atoms with Gasteiger partial charge >= 0.3 is 12.1 Å². The lowest BCUT2D eigenvalue weighted by Gasteiger charge is -2.17. The van der Waals surface area contributed by atoms with Crippen LogP contribution in [0.5, 0.6) is 0 Å². The van der Waals surface area contributed by atoms with Crippen molar-refractivity contribution in [2.45, 2.75) is 37.7 Å². The molecular formula is C29H29N3O4. The number of hydrogen-bond donors (Lipinski definition) is 3. The lowest BCUT2D eigenvalue weighted by atomic mass is 9.92. The standard InChI is InChI=1S/C29H29N3O4/c1-19-5-3-4-6-23(19)18-36-28(35)32-26(31-2)25(17-30)22-9-7-20(8-10-22)21-11-13-24(14-12-21)29(15-16-29)27(33)34/h3-14,17,25,30H,15-16,18H2,1-2H3,(H,33,34)(H,31,32,35). The number of ether oxygens (including phenoxy) is 1. The van der Waals surface area contributed by atoms with E-state index < -0.39 is 23.4 Å². The molecule has 0 radical (unpaired) electrons. The normalized spacial score (nSPS) is 15.0. The first-order valence-electron chi connectivity index (χ1n) is 11.8. The van der Waals surface area contributed by atoms with Gasteiger partial charge in [-0.3, -0.25) is 15.1 Å². The molecule has 0 saturated heterocycles. The molecule has 3 aromatic carbocycles. The van der Waals surface area contributed by atoms with Crippen LogP contribution in [0.2, 0.25) is 0 Å². The van der Waals surface area contributed by atoms with Gasteiger partial charge in [-0.15, -0.1) is 0 Å². The van der Waals surface area contributed by atoms with Crippen molar-refractivity contribution in [3.05, 3.63) is 95.1 Å². The number of carbonyl (C=O) groups excluding carboxylic acids is 1. The monoisotopic (exact) mass is 483 g/mol. The van der Waals surface area contributed by atoms with E-state index in [2.05, 4.69) is 10.3 Å². The lowest BCUT2D eigenvalue weighted by molar-refractivity contribution is -0.140. The van der Waals surface area contributed by atoms with Crippen LogP contribution in [0, 0.1) is 12.3 Å². The lowest BCUT2D eigenvalue weighted by Crippen LogP contribution is -2.35. The number of nitrogens with one attached hydrogen (secondary N) is 2. The van der Waals surface area contributed by atoms with Gasteiger partial charge in [-0.2, -0.15) is 0 Å². The van der Waals surface area contributed by atoms with Crippen molar-refractivity contribution in [2.24, 2.45) is 4.99 Å². The minimum absolute atomic E-state index is 0.145. The SMILES string of the molecule is CN=C(NC(=O)OCc1ccccc1C)C(C=N)c1ccc(-c2ccc(C3(C(=O)O)CC3)cc2)cc1. The Morgan fingerprint density at radius 1 is 1.06 bits per heavy atom. The molecule has 7 heteroatoms. The molecule has 1 saturated carbocycles. The highest BCUT2D eigenvalue weighted by atomic mass is 16.5. The van der Waals surface area contributed by atoms with Crippen LogP contribution in [-0.2, 0) is 21.6 Å². The molecule has 0 bridgehead atoms. The molecule has 0 spiro atoms. The summed E-state index contributed by atoms with van der Waals surface area (Å²) >= 11 is 0. The number of amides is 1. The first-order valence-corrected chi connectivity index (χ1v) is 11.8. The van der Waals surface area contributed by atoms with Crippen LogP contribution in [0.15, 0.2) is 77.8 Å². The number of carbonyl (C=O) groups is 2. The number of carboxylic acid groups (broad SMARTS) is 1. The maximum absolute atomic E-state index is 12.4. The predicted molar refractivity (Wildman–Crippen MR) is 140 cm³/mol. The Labute approximate surface area is 210 Å². The molecular weight excluding hydrogens is 454 g/mol. The topological polar surface area (TPSA) is 112 Å². The molecule has 4 rings (SSSR count). The maximum Gasteiger partial charge on any atom is 0.412 e. The van der Waals surface area contributed by atoms with Gasteiger partial charge < -0.3 is 15.3 Å². The third-order valence-corrected chi connectivity index (χ3v) is 6.75. The van der Waals surface area contributed by atoms with Gasteiger partial charge in [-0.1, -0.05) is 72.8 Å². The largest absolute Gasteiger partial charge is 0.481 e. The van der Waals surface area contributed by atoms with Gasteiger partial charge in [0.05, 0.1) is 11.3 Å². The number of nitrogens with zero attached hydrogens (tertiary/aromatic N) is 1. The molecule has 0 aromatic heterocycles. The zero-order chi connectivity index (χ0) is 25.7. The summed E-state index contributed by atoms with van der Waals surface area (Å²) in [7, 11) is 1.56. The second-order valence-electron chi connectivity index (χ2n) is 8.97. The van der Waals surface area contributed by atoms with E-state index >= 15 is 0 Å². The summed E-state index contributed by atoms with van der Waals surface area (Å²) in [6, 6.07) is 23.0. The number of aliphatic imine (C=N–C) groups is 1. The second kappa shape index (κ2) is 10.6. The Morgan fingerprint density at radius 3 is 2.19 bits per heavy atom. The number of alkyl carbamates (subject to hydrolysis) is 1. The Balaban J connectivity index is 1.42. The summed E-state index contributed by atoms with van der Waals surface area (Å²) in [5.74, 6) is -0.985. The van der Waals surface area contributed by atoms with E-state index in [1.54, 1.807) is 7.05 Å². The molecule has 0 aliphatic heterocycles. The number of benzene rings is 3. The minimum atomic E-state index is -0.765. The van der Waals surface area contributed by atoms with Crippen molar-refractivity contribution in [1.82, 2.24) is 5.32 Å². The summed E-state index contributed by atoms with van der Waals surface area (Å²) in [4.78, 5) is 28.2. The molecule has 1 unspecified atom stereocenters. The third kappa shape index (κ3) is 5.20. The van der Waals surface area contributed by atoms with E-state index in [0.29, 0.717) is 18.7 Å². The van der Waals surface area contributed by atoms with Crippen LogP contribution in [-0.4, -0.2) is 36.3 Å². The van der Waals surface area contributed by atoms with Crippen molar-refractivity contribution in [2.75, 3.05) is 7.05 Å². The maximum atomic E-state index is 12.4. The van der Waals surface area contributed by atoms with Crippen LogP contribution >= 0.6 is 0 Å². The number of aryl methyl sites for hydroxylation is 1. The van der Waals surface area contributed by atoms with Gasteiger partial charge in [0.1, 0.15) is 12.4 Å². The first kappa shape index (κ1) is 24.9. The third-order valence-electron chi connectivity index (χ3n) is 6.75. The zero-order valence-electron chi connectivity index (χ0n) is 20.3. The fourth-order valence-electron chi connectivity index (χ4n) is 4.28. The van der Waals surface area contributed by atoms with E-state index in [1.165, 1.54) is 6.21 Å². The summed E-state index contributed by atoms with van der Waals surface area (Å²) in [6.45, 7) is 2.10. The van der Waals surface area contributed by atoms with E-state index in [-0.39, 0.29) is 6.61 Å². The van der Waals surface area contributed by atoms with Crippen molar-refractivity contribution in [3.63, 3.8) is 0 Å². The molecule has 3 N–H and O–H groups in total. The molecule has 184 valence electrons. The van der Waals surface area contributed by atoms with Crippen molar-refractivity contribution >= 4 is 24.1 Å². The van der Waals surface area contributed by atoms with Crippen LogP contribution < -0.4 is 5.32 Å². The van der Waals surface area contributed by atoms with Crippen LogP contribution in [0.1, 0.15) is 41.0 Å². The van der Waals surface area contributed by atoms with Gasteiger partial charge in [0.15, 0.2) is 0 Å². The highest BCUT2D eigenvalue weighted by Gasteiger charge is 2.51. The molecule has 3 aromatic rings. The van der Waals surface area contributed by atoms with Crippen LogP contribution in [0.25, 0.3) is 11.1 Å². The number of carboxylic acids is 1. The first-order chi connectivity index (χ1) is 17.4. The molecule has 1 amide bonds. The summed E-state index contributed by atoms with van der Waals surface area (Å²) in [6.07, 6.45) is 1.96. The quantitative estimate of drug-likeness (QED) is 0.291. The number of rotatable bonds is 8. The predicted octanol–water partition coefficient (Wildman–Crippen LogP) is 5.47. The molecule has 1 aliphatic rings. The minimum Gasteiger partial charge on any atom is -0.481 e. The average Bonchev–Trinajstić information content (AvgIpc) is 3.71. The number of hydrogen-bond acceptors (Lipinski definition) is 5. The van der Waals surface area contributed by atoms with Crippen molar-refractivity contribution < 1.29 is 19.4 Å². The summed E-state index contributed by atoms with van der Waals surface area (Å²) < 4.78 is 5.36. The van der Waals surface area contributed by atoms with E-state index in [4.69, 9.17) is 10.1 Å². The Morgan fingerprint density at radius 2 is 1.67 bits per heavy atom. The smallest absolute Gasteiger partial charge is 0.412 e. The van der Waals surface area contributed by atoms with E-state index in [9.17, 15) is 14.7 Å². The molecule has 7 nitrogen and oxygen atoms in total. The van der Waals surface area contributed by atoms with Gasteiger partial charge in [0.2, 0.25) is 0 Å². The van der Waals surface area contributed by atoms with Gasteiger partial charge in [-0.05, 0) is 53.1 Å². The molecule has 1 fully saturated rings. The zero-order valence-corrected chi connectivity index (χ0v) is 20.3. The van der Waals surface area contributed by atoms with E-state index in [1.807, 2.05) is 79.7 Å². The van der Waals surface area contributed by atoms with Crippen LogP contribution in [0.4, 0.5) is 4.79 Å². The fraction of sp³-hybridized carbons (Fsp3) is 0.241. The van der Waals surface area contributed by atoms with Crippen LogP contribution in [0.3, 0.4) is 0 Å². The summed E-state index contributed by atoms with van der Waals surface area (Å²) in [5, 5.41) is 20.1. The highest BCUT2D eigenvalue weighted by Crippen LogP contribution is 2.48. The van der Waals surface area contributed by atoms with Gasteiger partial charge in [-0.25, -0.2) is 4.79 Å². The fourth-order valence-corrected chi connectivity index (χ4v) is 4.28. The molecule has 36 heavy (non-hydrogen) atoms. The Kier molecular flexibility index (Phi) is 7.29. The number of aliphatic carboxylic acids is 1. The Hall–Kier alpha value is -4.26. The van der Waals surface area contributed by atoms with Gasteiger partial charge in [0, 0.05) is 13.3 Å². The highest BCUT2D eigenvalue weighted by molar-refractivity contribution is 6.07. The summed E-state index contributed by atoms with van der Waals surface area (Å²) in [5.41, 5.74) is 4.82. The number of amidine groups is 1. The van der Waals surface area contributed by atoms with Gasteiger partial charge in [0.25, 0.3) is 0 Å².